The summed E-state index contributed by atoms with van der Waals surface area (Å²) in [6.07, 6.45) is 7.67. The van der Waals surface area contributed by atoms with E-state index in [1.54, 1.807) is 0 Å². The minimum atomic E-state index is 0.694. The lowest BCUT2D eigenvalue weighted by Gasteiger charge is -2.11. The van der Waals surface area contributed by atoms with Crippen LogP contribution in [0.15, 0.2) is 0 Å². The van der Waals surface area contributed by atoms with Crippen molar-refractivity contribution in [1.29, 1.82) is 0 Å². The first-order valence-corrected chi connectivity index (χ1v) is 5.74. The fraction of sp³-hybridized carbons (Fsp3) is 1.00. The molecule has 0 aromatic carbocycles. The highest BCUT2D eigenvalue weighted by Crippen LogP contribution is 1.99. The van der Waals surface area contributed by atoms with Crippen LogP contribution in [0.2, 0.25) is 0 Å². The van der Waals surface area contributed by atoms with Gasteiger partial charge >= 0.3 is 0 Å². The van der Waals surface area contributed by atoms with E-state index in [1.807, 2.05) is 0 Å². The van der Waals surface area contributed by atoms with Gasteiger partial charge in [0.1, 0.15) is 0 Å². The van der Waals surface area contributed by atoms with E-state index in [0.29, 0.717) is 6.04 Å². The molecule has 0 aliphatic rings. The average molecular weight is 186 g/mol. The third-order valence-electron chi connectivity index (χ3n) is 2.35. The van der Waals surface area contributed by atoms with E-state index in [4.69, 9.17) is 5.73 Å². The highest BCUT2D eigenvalue weighted by Gasteiger charge is 1.97. The summed E-state index contributed by atoms with van der Waals surface area (Å²) in [6.45, 7) is 6.52. The van der Waals surface area contributed by atoms with E-state index in [2.05, 4.69) is 19.2 Å². The Bertz CT molecular complexity index is 94.1. The summed E-state index contributed by atoms with van der Waals surface area (Å²) in [5, 5.41) is 3.53. The van der Waals surface area contributed by atoms with E-state index in [9.17, 15) is 0 Å². The Balaban J connectivity index is 2.97. The Morgan fingerprint density at radius 1 is 1.15 bits per heavy atom. The lowest BCUT2D eigenvalue weighted by molar-refractivity contribution is 0.490. The van der Waals surface area contributed by atoms with Gasteiger partial charge in [-0.3, -0.25) is 0 Å². The van der Waals surface area contributed by atoms with Crippen molar-refractivity contribution in [2.75, 3.05) is 13.1 Å². The molecule has 0 aromatic rings. The quantitative estimate of drug-likeness (QED) is 0.542. The maximum Gasteiger partial charge on any atom is 0.00386 e. The predicted molar refractivity (Wildman–Crippen MR) is 59.9 cm³/mol. The number of hydrogen-bond donors (Lipinski definition) is 2. The summed E-state index contributed by atoms with van der Waals surface area (Å²) in [6, 6.07) is 0.694. The minimum Gasteiger partial charge on any atom is -0.330 e. The molecule has 0 aliphatic carbocycles. The Morgan fingerprint density at radius 3 is 2.46 bits per heavy atom. The highest BCUT2D eigenvalue weighted by atomic mass is 14.9. The molecule has 1 unspecified atom stereocenters. The zero-order valence-electron chi connectivity index (χ0n) is 9.31. The maximum atomic E-state index is 5.42. The Morgan fingerprint density at radius 2 is 1.85 bits per heavy atom. The van der Waals surface area contributed by atoms with Crippen LogP contribution in [0.1, 0.15) is 52.4 Å². The molecule has 0 amide bonds. The van der Waals surface area contributed by atoms with Gasteiger partial charge in [0.05, 0.1) is 0 Å². The van der Waals surface area contributed by atoms with Crippen LogP contribution in [0.3, 0.4) is 0 Å². The third kappa shape index (κ3) is 9.84. The van der Waals surface area contributed by atoms with Crippen molar-refractivity contribution in [3.05, 3.63) is 0 Å². The molecule has 0 saturated carbocycles. The summed E-state index contributed by atoms with van der Waals surface area (Å²) in [7, 11) is 0. The predicted octanol–water partition coefficient (Wildman–Crippen LogP) is 2.28. The molecule has 0 bridgehead atoms. The maximum absolute atomic E-state index is 5.42. The van der Waals surface area contributed by atoms with E-state index in [0.717, 1.165) is 6.54 Å². The molecule has 80 valence electrons. The molecule has 0 saturated heterocycles. The first-order chi connectivity index (χ1) is 6.31. The van der Waals surface area contributed by atoms with Gasteiger partial charge in [-0.05, 0) is 39.3 Å². The third-order valence-corrected chi connectivity index (χ3v) is 2.35. The molecule has 0 spiro atoms. The van der Waals surface area contributed by atoms with Crippen LogP contribution in [-0.2, 0) is 0 Å². The Labute approximate surface area is 83.3 Å². The zero-order valence-corrected chi connectivity index (χ0v) is 9.31. The van der Waals surface area contributed by atoms with Gasteiger partial charge in [-0.2, -0.15) is 0 Å². The lowest BCUT2D eigenvalue weighted by Crippen LogP contribution is -2.26. The number of unbranched alkanes of at least 4 members (excludes halogenated alkanes) is 3. The molecule has 0 heterocycles. The van der Waals surface area contributed by atoms with Gasteiger partial charge in [-0.15, -0.1) is 0 Å². The van der Waals surface area contributed by atoms with Gasteiger partial charge in [0.15, 0.2) is 0 Å². The molecule has 0 aliphatic heterocycles. The Hall–Kier alpha value is -0.0800. The van der Waals surface area contributed by atoms with Crippen molar-refractivity contribution in [3.8, 4) is 0 Å². The van der Waals surface area contributed by atoms with Gasteiger partial charge in [-0.1, -0.05) is 26.2 Å². The summed E-state index contributed by atoms with van der Waals surface area (Å²) in [5.74, 6) is 0. The van der Waals surface area contributed by atoms with Gasteiger partial charge in [0.25, 0.3) is 0 Å². The second kappa shape index (κ2) is 10.0. The fourth-order valence-corrected chi connectivity index (χ4v) is 1.51. The fourth-order valence-electron chi connectivity index (χ4n) is 1.51. The standard InChI is InChI=1S/C11H26N2/c1-3-8-11(2)13-10-7-5-4-6-9-12/h11,13H,3-10,12H2,1-2H3. The van der Waals surface area contributed by atoms with Crippen molar-refractivity contribution in [3.63, 3.8) is 0 Å². The molecule has 13 heavy (non-hydrogen) atoms. The molecule has 2 heteroatoms. The van der Waals surface area contributed by atoms with Gasteiger partial charge in [0, 0.05) is 6.04 Å². The van der Waals surface area contributed by atoms with Crippen molar-refractivity contribution in [1.82, 2.24) is 5.32 Å². The van der Waals surface area contributed by atoms with E-state index in [1.165, 1.54) is 45.1 Å². The van der Waals surface area contributed by atoms with Crippen LogP contribution in [-0.4, -0.2) is 19.1 Å². The second-order valence-electron chi connectivity index (χ2n) is 3.85. The summed E-state index contributed by atoms with van der Waals surface area (Å²) in [5.41, 5.74) is 5.42. The summed E-state index contributed by atoms with van der Waals surface area (Å²) in [4.78, 5) is 0. The number of hydrogen-bond acceptors (Lipinski definition) is 2. The molecular formula is C11H26N2. The van der Waals surface area contributed by atoms with Gasteiger partial charge in [0.2, 0.25) is 0 Å². The molecule has 0 rings (SSSR count). The van der Waals surface area contributed by atoms with Crippen LogP contribution < -0.4 is 11.1 Å². The van der Waals surface area contributed by atoms with Crippen LogP contribution in [0.4, 0.5) is 0 Å². The largest absolute Gasteiger partial charge is 0.330 e. The number of nitrogens with one attached hydrogen (secondary N) is 1. The van der Waals surface area contributed by atoms with Crippen LogP contribution in [0.5, 0.6) is 0 Å². The van der Waals surface area contributed by atoms with E-state index >= 15 is 0 Å². The number of rotatable bonds is 9. The monoisotopic (exact) mass is 186 g/mol. The SMILES string of the molecule is CCCC(C)NCCCCCCN. The average Bonchev–Trinajstić information content (AvgIpc) is 2.11. The van der Waals surface area contributed by atoms with Crippen LogP contribution in [0.25, 0.3) is 0 Å². The van der Waals surface area contributed by atoms with Gasteiger partial charge < -0.3 is 11.1 Å². The first kappa shape index (κ1) is 12.9. The molecule has 0 fully saturated rings. The Kier molecular flexibility index (Phi) is 9.94. The second-order valence-corrected chi connectivity index (χ2v) is 3.85. The first-order valence-electron chi connectivity index (χ1n) is 5.74. The van der Waals surface area contributed by atoms with Crippen LogP contribution in [0, 0.1) is 0 Å². The normalized spacial score (nSPS) is 13.2. The van der Waals surface area contributed by atoms with E-state index < -0.39 is 0 Å². The lowest BCUT2D eigenvalue weighted by atomic mass is 10.1. The topological polar surface area (TPSA) is 38.0 Å². The summed E-state index contributed by atoms with van der Waals surface area (Å²) < 4.78 is 0. The van der Waals surface area contributed by atoms with Crippen molar-refractivity contribution in [2.24, 2.45) is 5.73 Å². The highest BCUT2D eigenvalue weighted by molar-refractivity contribution is 4.59. The molecule has 1 atom stereocenters. The van der Waals surface area contributed by atoms with Crippen molar-refractivity contribution >= 4 is 0 Å². The zero-order chi connectivity index (χ0) is 9.94. The summed E-state index contributed by atoms with van der Waals surface area (Å²) >= 11 is 0. The molecule has 0 radical (unpaired) electrons. The van der Waals surface area contributed by atoms with Crippen molar-refractivity contribution < 1.29 is 0 Å². The van der Waals surface area contributed by atoms with Crippen LogP contribution >= 0.6 is 0 Å². The molecule has 3 N–H and O–H groups in total. The van der Waals surface area contributed by atoms with Gasteiger partial charge in [-0.25, -0.2) is 0 Å². The molecule has 2 nitrogen and oxygen atoms in total. The minimum absolute atomic E-state index is 0.694. The smallest absolute Gasteiger partial charge is 0.00386 e. The van der Waals surface area contributed by atoms with E-state index in [-0.39, 0.29) is 0 Å². The number of nitrogens with two attached hydrogens (primary N) is 1. The van der Waals surface area contributed by atoms with Crippen molar-refractivity contribution in [2.45, 2.75) is 58.4 Å². The molecule has 0 aromatic heterocycles. The molecular weight excluding hydrogens is 160 g/mol.